The molecule has 0 amide bonds. The van der Waals surface area contributed by atoms with Crippen LogP contribution in [-0.4, -0.2) is 19.7 Å². The summed E-state index contributed by atoms with van der Waals surface area (Å²) in [6.45, 7) is 8.71. The van der Waals surface area contributed by atoms with Crippen LogP contribution in [0.5, 0.6) is 5.75 Å². The number of aryl methyl sites for hydroxylation is 1. The second-order valence-electron chi connectivity index (χ2n) is 5.06. The Balaban J connectivity index is 1.82. The topological polar surface area (TPSA) is 33.3 Å². The van der Waals surface area contributed by atoms with Crippen molar-refractivity contribution in [2.75, 3.05) is 30.3 Å². The van der Waals surface area contributed by atoms with E-state index in [4.69, 9.17) is 4.74 Å². The van der Waals surface area contributed by atoms with Crippen LogP contribution in [0.15, 0.2) is 42.5 Å². The SMILES string of the molecule is CCOc1cccc(NCCNc2cccc(C)c2C)c1. The van der Waals surface area contributed by atoms with Crippen LogP contribution in [0.3, 0.4) is 0 Å². The minimum Gasteiger partial charge on any atom is -0.494 e. The van der Waals surface area contributed by atoms with Crippen molar-refractivity contribution in [1.29, 1.82) is 0 Å². The third-order valence-corrected chi connectivity index (χ3v) is 3.52. The van der Waals surface area contributed by atoms with Crippen LogP contribution >= 0.6 is 0 Å². The van der Waals surface area contributed by atoms with E-state index in [1.54, 1.807) is 0 Å². The minimum atomic E-state index is 0.692. The lowest BCUT2D eigenvalue weighted by molar-refractivity contribution is 0.340. The molecule has 2 aromatic rings. The Morgan fingerprint density at radius 3 is 2.52 bits per heavy atom. The molecule has 2 N–H and O–H groups in total. The summed E-state index contributed by atoms with van der Waals surface area (Å²) >= 11 is 0. The van der Waals surface area contributed by atoms with Gasteiger partial charge in [-0.25, -0.2) is 0 Å². The standard InChI is InChI=1S/C18H24N2O/c1-4-21-17-9-6-8-16(13-17)19-11-12-20-18-10-5-7-14(2)15(18)3/h5-10,13,19-20H,4,11-12H2,1-3H3. The summed E-state index contributed by atoms with van der Waals surface area (Å²) in [5.41, 5.74) is 4.93. The van der Waals surface area contributed by atoms with Gasteiger partial charge in [0, 0.05) is 30.5 Å². The molecule has 0 saturated heterocycles. The van der Waals surface area contributed by atoms with E-state index in [0.717, 1.165) is 24.5 Å². The first-order valence-electron chi connectivity index (χ1n) is 7.47. The van der Waals surface area contributed by atoms with Crippen molar-refractivity contribution < 1.29 is 4.74 Å². The van der Waals surface area contributed by atoms with Gasteiger partial charge in [0.2, 0.25) is 0 Å². The molecule has 3 nitrogen and oxygen atoms in total. The van der Waals surface area contributed by atoms with Gasteiger partial charge in [-0.1, -0.05) is 18.2 Å². The summed E-state index contributed by atoms with van der Waals surface area (Å²) in [5, 5.41) is 6.88. The molecular weight excluding hydrogens is 260 g/mol. The zero-order valence-electron chi connectivity index (χ0n) is 13.1. The molecule has 0 aliphatic carbocycles. The number of rotatable bonds is 7. The maximum atomic E-state index is 5.50. The number of ether oxygens (including phenoxy) is 1. The molecule has 21 heavy (non-hydrogen) atoms. The third kappa shape index (κ3) is 4.42. The Kier molecular flexibility index (Phi) is 5.50. The molecule has 0 heterocycles. The maximum absolute atomic E-state index is 5.50. The second-order valence-corrected chi connectivity index (χ2v) is 5.06. The van der Waals surface area contributed by atoms with Crippen molar-refractivity contribution in [1.82, 2.24) is 0 Å². The Morgan fingerprint density at radius 1 is 0.952 bits per heavy atom. The van der Waals surface area contributed by atoms with Gasteiger partial charge in [-0.3, -0.25) is 0 Å². The summed E-state index contributed by atoms with van der Waals surface area (Å²) in [6, 6.07) is 14.4. The number of hydrogen-bond acceptors (Lipinski definition) is 3. The second kappa shape index (κ2) is 7.58. The molecular formula is C18H24N2O. The number of hydrogen-bond donors (Lipinski definition) is 2. The van der Waals surface area contributed by atoms with Gasteiger partial charge in [0.1, 0.15) is 5.75 Å². The first kappa shape index (κ1) is 15.2. The van der Waals surface area contributed by atoms with Crippen LogP contribution in [0, 0.1) is 13.8 Å². The fraction of sp³-hybridized carbons (Fsp3) is 0.333. The van der Waals surface area contributed by atoms with Gasteiger partial charge in [-0.2, -0.15) is 0 Å². The molecule has 2 rings (SSSR count). The van der Waals surface area contributed by atoms with Gasteiger partial charge in [0.15, 0.2) is 0 Å². The lowest BCUT2D eigenvalue weighted by Gasteiger charge is -2.13. The van der Waals surface area contributed by atoms with Crippen molar-refractivity contribution in [3.63, 3.8) is 0 Å². The highest BCUT2D eigenvalue weighted by Crippen LogP contribution is 2.18. The van der Waals surface area contributed by atoms with Crippen molar-refractivity contribution in [2.24, 2.45) is 0 Å². The molecule has 0 spiro atoms. The van der Waals surface area contributed by atoms with Crippen LogP contribution in [-0.2, 0) is 0 Å². The van der Waals surface area contributed by atoms with Crippen LogP contribution < -0.4 is 15.4 Å². The van der Waals surface area contributed by atoms with E-state index in [-0.39, 0.29) is 0 Å². The number of nitrogens with one attached hydrogen (secondary N) is 2. The minimum absolute atomic E-state index is 0.692. The number of anilines is 2. The monoisotopic (exact) mass is 284 g/mol. The van der Waals surface area contributed by atoms with E-state index < -0.39 is 0 Å². The van der Waals surface area contributed by atoms with Crippen molar-refractivity contribution in [3.8, 4) is 5.75 Å². The molecule has 0 aromatic heterocycles. The molecule has 2 aromatic carbocycles. The Labute approximate surface area is 127 Å². The Morgan fingerprint density at radius 2 is 1.71 bits per heavy atom. The van der Waals surface area contributed by atoms with Gasteiger partial charge in [0.25, 0.3) is 0 Å². The largest absolute Gasteiger partial charge is 0.494 e. The predicted octanol–water partition coefficient (Wildman–Crippen LogP) is 4.23. The molecule has 0 radical (unpaired) electrons. The molecule has 0 aliphatic heterocycles. The van der Waals surface area contributed by atoms with Gasteiger partial charge >= 0.3 is 0 Å². The molecule has 0 saturated carbocycles. The highest BCUT2D eigenvalue weighted by Gasteiger charge is 2.00. The van der Waals surface area contributed by atoms with Crippen molar-refractivity contribution in [3.05, 3.63) is 53.6 Å². The van der Waals surface area contributed by atoms with Gasteiger partial charge < -0.3 is 15.4 Å². The van der Waals surface area contributed by atoms with E-state index in [0.29, 0.717) is 6.61 Å². The summed E-state index contributed by atoms with van der Waals surface area (Å²) in [6.07, 6.45) is 0. The third-order valence-electron chi connectivity index (χ3n) is 3.52. The van der Waals surface area contributed by atoms with Crippen molar-refractivity contribution >= 4 is 11.4 Å². The Hall–Kier alpha value is -2.16. The smallest absolute Gasteiger partial charge is 0.121 e. The summed E-state index contributed by atoms with van der Waals surface area (Å²) in [5.74, 6) is 0.907. The van der Waals surface area contributed by atoms with Crippen molar-refractivity contribution in [2.45, 2.75) is 20.8 Å². The maximum Gasteiger partial charge on any atom is 0.121 e. The summed E-state index contributed by atoms with van der Waals surface area (Å²) in [4.78, 5) is 0. The van der Waals surface area contributed by atoms with Crippen LogP contribution in [0.1, 0.15) is 18.1 Å². The van der Waals surface area contributed by atoms with E-state index >= 15 is 0 Å². The molecule has 0 fully saturated rings. The van der Waals surface area contributed by atoms with Crippen LogP contribution in [0.25, 0.3) is 0 Å². The normalized spacial score (nSPS) is 10.2. The lowest BCUT2D eigenvalue weighted by Crippen LogP contribution is -2.14. The molecule has 0 aliphatic rings. The van der Waals surface area contributed by atoms with Gasteiger partial charge in [0.05, 0.1) is 6.61 Å². The molecule has 0 atom stereocenters. The lowest BCUT2D eigenvalue weighted by atomic mass is 10.1. The van der Waals surface area contributed by atoms with E-state index in [1.807, 2.05) is 25.1 Å². The first-order chi connectivity index (χ1) is 10.2. The fourth-order valence-corrected chi connectivity index (χ4v) is 2.21. The van der Waals surface area contributed by atoms with Crippen LogP contribution in [0.2, 0.25) is 0 Å². The zero-order chi connectivity index (χ0) is 15.1. The summed E-state index contributed by atoms with van der Waals surface area (Å²) < 4.78 is 5.50. The van der Waals surface area contributed by atoms with E-state index in [9.17, 15) is 0 Å². The van der Waals surface area contributed by atoms with Gasteiger partial charge in [-0.05, 0) is 50.1 Å². The summed E-state index contributed by atoms with van der Waals surface area (Å²) in [7, 11) is 0. The van der Waals surface area contributed by atoms with E-state index in [1.165, 1.54) is 16.8 Å². The average Bonchev–Trinajstić information content (AvgIpc) is 2.48. The van der Waals surface area contributed by atoms with Gasteiger partial charge in [-0.15, -0.1) is 0 Å². The molecule has 0 unspecified atom stereocenters. The van der Waals surface area contributed by atoms with Crippen LogP contribution in [0.4, 0.5) is 11.4 Å². The first-order valence-corrected chi connectivity index (χ1v) is 7.47. The van der Waals surface area contributed by atoms with E-state index in [2.05, 4.69) is 48.7 Å². The predicted molar refractivity (Wildman–Crippen MR) is 90.5 cm³/mol. The Bertz CT molecular complexity index is 581. The highest BCUT2D eigenvalue weighted by molar-refractivity contribution is 5.54. The highest BCUT2D eigenvalue weighted by atomic mass is 16.5. The quantitative estimate of drug-likeness (QED) is 0.747. The zero-order valence-corrected chi connectivity index (χ0v) is 13.1. The molecule has 0 bridgehead atoms. The number of benzene rings is 2. The average molecular weight is 284 g/mol. The fourth-order valence-electron chi connectivity index (χ4n) is 2.21. The molecule has 112 valence electrons. The molecule has 3 heteroatoms.